The number of fused-ring (bicyclic) bond motifs is 1. The molecule has 0 N–H and O–H groups in total. The van der Waals surface area contributed by atoms with Crippen molar-refractivity contribution in [2.75, 3.05) is 0 Å². The molecular formula is C21H14O5. The van der Waals surface area contributed by atoms with E-state index in [1.807, 2.05) is 19.1 Å². The van der Waals surface area contributed by atoms with E-state index in [9.17, 15) is 9.59 Å². The van der Waals surface area contributed by atoms with Gasteiger partial charge >= 0.3 is 5.97 Å². The molecule has 128 valence electrons. The molecule has 0 fully saturated rings. The van der Waals surface area contributed by atoms with E-state index in [0.717, 1.165) is 5.56 Å². The van der Waals surface area contributed by atoms with Crippen LogP contribution in [0.15, 0.2) is 71.0 Å². The average Bonchev–Trinajstić information content (AvgIpc) is 3.24. The van der Waals surface area contributed by atoms with Gasteiger partial charge in [-0.25, -0.2) is 4.79 Å². The third-order valence-corrected chi connectivity index (χ3v) is 4.03. The molecule has 26 heavy (non-hydrogen) atoms. The molecule has 4 rings (SSSR count). The summed E-state index contributed by atoms with van der Waals surface area (Å²) in [6, 6.07) is 15.3. The molecule has 0 atom stereocenters. The van der Waals surface area contributed by atoms with Crippen molar-refractivity contribution in [3.63, 3.8) is 0 Å². The Hall–Kier alpha value is -3.60. The first-order chi connectivity index (χ1) is 12.6. The fourth-order valence-corrected chi connectivity index (χ4v) is 2.70. The highest BCUT2D eigenvalue weighted by atomic mass is 16.5. The molecule has 2 aromatic carbocycles. The summed E-state index contributed by atoms with van der Waals surface area (Å²) in [5.74, 6) is 0.642. The Bertz CT molecular complexity index is 1030. The lowest BCUT2D eigenvalue weighted by Crippen LogP contribution is -2.10. The van der Waals surface area contributed by atoms with Gasteiger partial charge in [0.2, 0.25) is 5.78 Å². The molecule has 2 heterocycles. The normalized spacial score (nSPS) is 14.2. The van der Waals surface area contributed by atoms with Crippen LogP contribution < -0.4 is 9.47 Å². The van der Waals surface area contributed by atoms with Crippen molar-refractivity contribution >= 4 is 17.8 Å². The predicted molar refractivity (Wildman–Crippen MR) is 94.2 cm³/mol. The van der Waals surface area contributed by atoms with Gasteiger partial charge in [-0.05, 0) is 42.8 Å². The molecule has 5 nitrogen and oxygen atoms in total. The number of ether oxygens (including phenoxy) is 2. The van der Waals surface area contributed by atoms with Crippen LogP contribution in [0.3, 0.4) is 0 Å². The van der Waals surface area contributed by atoms with E-state index in [2.05, 4.69) is 0 Å². The Morgan fingerprint density at radius 3 is 2.69 bits per heavy atom. The number of ketones is 1. The summed E-state index contributed by atoms with van der Waals surface area (Å²) in [5.41, 5.74) is 1.73. The molecule has 5 heteroatoms. The Morgan fingerprint density at radius 2 is 1.92 bits per heavy atom. The number of allylic oxidation sites excluding steroid dienone is 1. The van der Waals surface area contributed by atoms with Crippen LogP contribution in [-0.2, 0) is 0 Å². The van der Waals surface area contributed by atoms with Crippen LogP contribution in [0.25, 0.3) is 6.08 Å². The van der Waals surface area contributed by atoms with Gasteiger partial charge in [0.05, 0.1) is 17.4 Å². The molecule has 1 aliphatic heterocycles. The number of Topliss-reactive ketones (excluding diaryl/α,β-unsaturated/α-hetero) is 1. The zero-order valence-corrected chi connectivity index (χ0v) is 13.9. The minimum Gasteiger partial charge on any atom is -0.465 e. The Balaban J connectivity index is 1.57. The van der Waals surface area contributed by atoms with Crippen LogP contribution in [0, 0.1) is 6.92 Å². The number of benzene rings is 2. The zero-order valence-electron chi connectivity index (χ0n) is 13.9. The van der Waals surface area contributed by atoms with Gasteiger partial charge in [-0.2, -0.15) is 0 Å². The molecule has 0 amide bonds. The number of carbonyl (C=O) groups excluding carboxylic acids is 2. The van der Waals surface area contributed by atoms with Crippen molar-refractivity contribution in [3.05, 3.63) is 89.1 Å². The Labute approximate surface area is 149 Å². The van der Waals surface area contributed by atoms with Gasteiger partial charge in [-0.1, -0.05) is 18.2 Å². The molecule has 0 unspecified atom stereocenters. The number of aryl methyl sites for hydroxylation is 1. The second-order valence-electron chi connectivity index (χ2n) is 5.82. The van der Waals surface area contributed by atoms with E-state index in [4.69, 9.17) is 13.9 Å². The lowest BCUT2D eigenvalue weighted by atomic mass is 10.1. The maximum Gasteiger partial charge on any atom is 0.343 e. The zero-order chi connectivity index (χ0) is 18.1. The first kappa shape index (κ1) is 15.9. The maximum atomic E-state index is 12.4. The third kappa shape index (κ3) is 2.91. The van der Waals surface area contributed by atoms with E-state index in [-0.39, 0.29) is 11.5 Å². The summed E-state index contributed by atoms with van der Waals surface area (Å²) in [6.07, 6.45) is 3.05. The molecule has 3 aromatic rings. The van der Waals surface area contributed by atoms with Crippen LogP contribution in [0.5, 0.6) is 11.5 Å². The number of hydrogen-bond donors (Lipinski definition) is 0. The standard InChI is InChI=1S/C21H14O5/c1-13-5-2-3-7-16(13)21(23)25-15-8-9-17-18(12-15)26-19(20(17)22)11-14-6-4-10-24-14/h2-12H,1H3. The molecule has 1 aliphatic rings. The lowest BCUT2D eigenvalue weighted by Gasteiger charge is -2.07. The number of hydrogen-bond acceptors (Lipinski definition) is 5. The third-order valence-electron chi connectivity index (χ3n) is 4.03. The molecule has 0 saturated heterocycles. The van der Waals surface area contributed by atoms with Gasteiger partial charge in [0, 0.05) is 12.1 Å². The summed E-state index contributed by atoms with van der Waals surface area (Å²) in [7, 11) is 0. The smallest absolute Gasteiger partial charge is 0.343 e. The van der Waals surface area contributed by atoms with Crippen LogP contribution in [-0.4, -0.2) is 11.8 Å². The van der Waals surface area contributed by atoms with E-state index >= 15 is 0 Å². The van der Waals surface area contributed by atoms with Gasteiger partial charge in [-0.15, -0.1) is 0 Å². The van der Waals surface area contributed by atoms with Gasteiger partial charge in [0.1, 0.15) is 17.3 Å². The summed E-state index contributed by atoms with van der Waals surface area (Å²) in [4.78, 5) is 24.7. The van der Waals surface area contributed by atoms with Crippen LogP contribution >= 0.6 is 0 Å². The highest BCUT2D eigenvalue weighted by Gasteiger charge is 2.28. The second kappa shape index (κ2) is 6.37. The van der Waals surface area contributed by atoms with Gasteiger partial charge in [0.15, 0.2) is 5.76 Å². The molecule has 0 radical (unpaired) electrons. The molecule has 0 spiro atoms. The number of esters is 1. The largest absolute Gasteiger partial charge is 0.465 e. The Morgan fingerprint density at radius 1 is 1.08 bits per heavy atom. The number of carbonyl (C=O) groups is 2. The van der Waals surface area contributed by atoms with E-state index in [1.165, 1.54) is 18.4 Å². The maximum absolute atomic E-state index is 12.4. The SMILES string of the molecule is Cc1ccccc1C(=O)Oc1ccc2c(c1)OC(=Cc1ccco1)C2=O. The van der Waals surface area contributed by atoms with Crippen molar-refractivity contribution in [1.29, 1.82) is 0 Å². The summed E-state index contributed by atoms with van der Waals surface area (Å²) in [5, 5.41) is 0. The molecule has 0 aliphatic carbocycles. The van der Waals surface area contributed by atoms with Crippen molar-refractivity contribution < 1.29 is 23.5 Å². The summed E-state index contributed by atoms with van der Waals surface area (Å²) in [6.45, 7) is 1.84. The quantitative estimate of drug-likeness (QED) is 0.399. The van der Waals surface area contributed by atoms with Crippen LogP contribution in [0.2, 0.25) is 0 Å². The highest BCUT2D eigenvalue weighted by Crippen LogP contribution is 2.35. The van der Waals surface area contributed by atoms with E-state index in [0.29, 0.717) is 28.4 Å². The Kier molecular flexibility index (Phi) is 3.89. The van der Waals surface area contributed by atoms with Gasteiger partial charge in [-0.3, -0.25) is 4.79 Å². The predicted octanol–water partition coefficient (Wildman–Crippen LogP) is 4.42. The van der Waals surface area contributed by atoms with Crippen molar-refractivity contribution in [1.82, 2.24) is 0 Å². The first-order valence-electron chi connectivity index (χ1n) is 8.01. The minimum absolute atomic E-state index is 0.164. The average molecular weight is 346 g/mol. The van der Waals surface area contributed by atoms with Crippen LogP contribution in [0.4, 0.5) is 0 Å². The topological polar surface area (TPSA) is 65.7 Å². The van der Waals surface area contributed by atoms with Gasteiger partial charge < -0.3 is 13.9 Å². The molecule has 0 saturated carbocycles. The fraction of sp³-hybridized carbons (Fsp3) is 0.0476. The summed E-state index contributed by atoms with van der Waals surface area (Å²) < 4.78 is 16.2. The second-order valence-corrected chi connectivity index (χ2v) is 5.82. The molecule has 1 aromatic heterocycles. The number of rotatable bonds is 3. The first-order valence-corrected chi connectivity index (χ1v) is 8.01. The van der Waals surface area contributed by atoms with Crippen molar-refractivity contribution in [2.24, 2.45) is 0 Å². The summed E-state index contributed by atoms with van der Waals surface area (Å²) >= 11 is 0. The lowest BCUT2D eigenvalue weighted by molar-refractivity contribution is 0.0733. The molecule has 0 bridgehead atoms. The molecular weight excluding hydrogens is 332 g/mol. The fourth-order valence-electron chi connectivity index (χ4n) is 2.70. The van der Waals surface area contributed by atoms with Gasteiger partial charge in [0.25, 0.3) is 0 Å². The monoisotopic (exact) mass is 346 g/mol. The highest BCUT2D eigenvalue weighted by molar-refractivity contribution is 6.14. The number of furan rings is 1. The van der Waals surface area contributed by atoms with Crippen molar-refractivity contribution in [2.45, 2.75) is 6.92 Å². The van der Waals surface area contributed by atoms with E-state index in [1.54, 1.807) is 36.4 Å². The van der Waals surface area contributed by atoms with E-state index < -0.39 is 5.97 Å². The van der Waals surface area contributed by atoms with Crippen molar-refractivity contribution in [3.8, 4) is 11.5 Å². The minimum atomic E-state index is -0.460. The van der Waals surface area contributed by atoms with Crippen LogP contribution in [0.1, 0.15) is 32.0 Å².